The second-order valence-electron chi connectivity index (χ2n) is 5.99. The van der Waals surface area contributed by atoms with Crippen LogP contribution in [0.3, 0.4) is 0 Å². The van der Waals surface area contributed by atoms with Gasteiger partial charge in [0.1, 0.15) is 5.75 Å². The molecule has 1 heterocycles. The van der Waals surface area contributed by atoms with Gasteiger partial charge in [0, 0.05) is 38.6 Å². The first-order valence-corrected chi connectivity index (χ1v) is 8.05. The van der Waals surface area contributed by atoms with Crippen molar-refractivity contribution in [1.82, 2.24) is 10.2 Å². The van der Waals surface area contributed by atoms with E-state index in [4.69, 9.17) is 0 Å². The average Bonchev–Trinajstić information content (AvgIpc) is 2.56. The number of piperazine rings is 1. The fraction of sp³-hybridized carbons (Fsp3) is 0.625. The predicted molar refractivity (Wildman–Crippen MR) is 80.5 cm³/mol. The van der Waals surface area contributed by atoms with Crippen molar-refractivity contribution >= 4 is 0 Å². The van der Waals surface area contributed by atoms with Gasteiger partial charge in [0.15, 0.2) is 0 Å². The smallest absolute Gasteiger partial charge is 0.428 e. The van der Waals surface area contributed by atoms with Crippen molar-refractivity contribution in [1.29, 1.82) is 0 Å². The third-order valence-electron chi connectivity index (χ3n) is 4.07. The van der Waals surface area contributed by atoms with Crippen molar-refractivity contribution in [3.05, 3.63) is 29.8 Å². The molecule has 0 saturated carbocycles. The van der Waals surface area contributed by atoms with Gasteiger partial charge in [0.25, 0.3) is 0 Å². The minimum absolute atomic E-state index is 0.184. The van der Waals surface area contributed by atoms with Gasteiger partial charge in [-0.3, -0.25) is 4.90 Å². The van der Waals surface area contributed by atoms with Gasteiger partial charge in [-0.1, -0.05) is 12.1 Å². The van der Waals surface area contributed by atoms with Gasteiger partial charge in [-0.25, -0.2) is 0 Å². The van der Waals surface area contributed by atoms with Crippen LogP contribution in [0.2, 0.25) is 0 Å². The molecule has 1 aliphatic rings. The van der Waals surface area contributed by atoms with Crippen molar-refractivity contribution in [3.63, 3.8) is 0 Å². The minimum atomic E-state index is -4.63. The normalized spacial score (nSPS) is 18.2. The second-order valence-corrected chi connectivity index (χ2v) is 5.99. The van der Waals surface area contributed by atoms with Gasteiger partial charge >= 0.3 is 18.7 Å². The average molecular weight is 388 g/mol. The number of hydrogen-bond acceptors (Lipinski definition) is 3. The van der Waals surface area contributed by atoms with E-state index in [1.165, 1.54) is 12.1 Å². The predicted octanol–water partition coefficient (Wildman–Crippen LogP) is 4.21. The highest BCUT2D eigenvalue weighted by Gasteiger charge is 2.44. The number of benzene rings is 1. The molecule has 1 aromatic rings. The lowest BCUT2D eigenvalue weighted by molar-refractivity contribution is -0.253. The molecule has 0 bridgehead atoms. The molecule has 1 N–H and O–H groups in total. The Hall–Kier alpha value is -1.55. The summed E-state index contributed by atoms with van der Waals surface area (Å²) >= 11 is 0. The number of halogens is 7. The lowest BCUT2D eigenvalue weighted by Gasteiger charge is -2.35. The van der Waals surface area contributed by atoms with E-state index in [-0.39, 0.29) is 6.42 Å². The molecule has 1 aromatic carbocycles. The summed E-state index contributed by atoms with van der Waals surface area (Å²) in [5.41, 5.74) is 0.490. The Morgan fingerprint density at radius 1 is 1.00 bits per heavy atom. The summed E-state index contributed by atoms with van der Waals surface area (Å²) in [7, 11) is 0. The number of alkyl halides is 7. The second kappa shape index (κ2) is 8.43. The maximum atomic E-state index is 12.9. The highest BCUT2D eigenvalue weighted by Crippen LogP contribution is 2.33. The molecule has 148 valence electrons. The lowest BCUT2D eigenvalue weighted by Crippen LogP contribution is -2.45. The number of nitrogens with zero attached hydrogens (tertiary/aromatic N) is 1. The van der Waals surface area contributed by atoms with Crippen LogP contribution in [0.25, 0.3) is 0 Å². The first-order valence-electron chi connectivity index (χ1n) is 8.05. The monoisotopic (exact) mass is 388 g/mol. The SMILES string of the molecule is FC(F)C(F)(F)Oc1ccc([C@@H](CCC(F)(F)F)N2CCNCC2)cc1. The third kappa shape index (κ3) is 6.01. The summed E-state index contributed by atoms with van der Waals surface area (Å²) < 4.78 is 92.0. The van der Waals surface area contributed by atoms with Gasteiger partial charge in [-0.05, 0) is 24.1 Å². The van der Waals surface area contributed by atoms with E-state index >= 15 is 0 Å². The standard InChI is InChI=1S/C16H19F7N2O/c17-14(18)16(22,23)26-12-3-1-11(2-4-12)13(5-6-15(19,20)21)25-9-7-24-8-10-25/h1-4,13-14,24H,5-10H2/t13-/m1/s1. The molecule has 0 radical (unpaired) electrons. The molecule has 1 aliphatic heterocycles. The van der Waals surface area contributed by atoms with Crippen LogP contribution in [0.5, 0.6) is 5.75 Å². The van der Waals surface area contributed by atoms with Crippen molar-refractivity contribution in [2.75, 3.05) is 26.2 Å². The molecule has 0 unspecified atom stereocenters. The fourth-order valence-corrected chi connectivity index (χ4v) is 2.81. The molecular formula is C16H19F7N2O. The van der Waals surface area contributed by atoms with Crippen molar-refractivity contribution < 1.29 is 35.5 Å². The number of hydrogen-bond donors (Lipinski definition) is 1. The van der Waals surface area contributed by atoms with Crippen LogP contribution < -0.4 is 10.1 Å². The van der Waals surface area contributed by atoms with E-state index in [1.54, 1.807) is 0 Å². The molecule has 1 atom stereocenters. The number of ether oxygens (including phenoxy) is 1. The summed E-state index contributed by atoms with van der Waals surface area (Å²) in [6.45, 7) is 2.35. The molecule has 1 fully saturated rings. The Labute approximate surface area is 146 Å². The zero-order valence-electron chi connectivity index (χ0n) is 13.7. The Kier molecular flexibility index (Phi) is 6.73. The number of rotatable bonds is 7. The van der Waals surface area contributed by atoms with Crippen LogP contribution >= 0.6 is 0 Å². The molecule has 10 heteroatoms. The van der Waals surface area contributed by atoms with Gasteiger partial charge in [-0.15, -0.1) is 0 Å². The first kappa shape index (κ1) is 20.8. The minimum Gasteiger partial charge on any atom is -0.428 e. The molecule has 3 nitrogen and oxygen atoms in total. The molecule has 1 saturated heterocycles. The van der Waals surface area contributed by atoms with Crippen LogP contribution in [0.1, 0.15) is 24.4 Å². The summed E-state index contributed by atoms with van der Waals surface area (Å²) in [4.78, 5) is 1.88. The summed E-state index contributed by atoms with van der Waals surface area (Å²) in [6.07, 6.45) is -14.1. The zero-order chi connectivity index (χ0) is 19.4. The van der Waals surface area contributed by atoms with E-state index in [9.17, 15) is 30.7 Å². The molecule has 0 aromatic heterocycles. The quantitative estimate of drug-likeness (QED) is 0.709. The van der Waals surface area contributed by atoms with Crippen LogP contribution in [-0.4, -0.2) is 49.8 Å². The van der Waals surface area contributed by atoms with Crippen molar-refractivity contribution in [3.8, 4) is 5.75 Å². The summed E-state index contributed by atoms with van der Waals surface area (Å²) in [6, 6.07) is 4.24. The molecule has 0 spiro atoms. The Bertz CT molecular complexity index is 557. The highest BCUT2D eigenvalue weighted by molar-refractivity contribution is 5.29. The van der Waals surface area contributed by atoms with Crippen LogP contribution in [-0.2, 0) is 0 Å². The lowest BCUT2D eigenvalue weighted by atomic mass is 9.99. The van der Waals surface area contributed by atoms with Crippen molar-refractivity contribution in [2.45, 2.75) is 37.6 Å². The molecule has 0 amide bonds. The summed E-state index contributed by atoms with van der Waals surface area (Å²) in [5.74, 6) is -0.478. The fourth-order valence-electron chi connectivity index (χ4n) is 2.81. The molecular weight excluding hydrogens is 369 g/mol. The first-order chi connectivity index (χ1) is 12.1. The van der Waals surface area contributed by atoms with Crippen LogP contribution in [0.4, 0.5) is 30.7 Å². The Morgan fingerprint density at radius 2 is 1.58 bits per heavy atom. The maximum absolute atomic E-state index is 12.9. The van der Waals surface area contributed by atoms with Crippen LogP contribution in [0, 0.1) is 0 Å². The van der Waals surface area contributed by atoms with Gasteiger partial charge in [-0.2, -0.15) is 30.7 Å². The van der Waals surface area contributed by atoms with Gasteiger partial charge < -0.3 is 10.1 Å². The van der Waals surface area contributed by atoms with E-state index in [2.05, 4.69) is 10.1 Å². The van der Waals surface area contributed by atoms with E-state index in [0.29, 0.717) is 31.7 Å². The van der Waals surface area contributed by atoms with E-state index in [1.807, 2.05) is 4.90 Å². The van der Waals surface area contributed by atoms with E-state index in [0.717, 1.165) is 12.1 Å². The highest BCUT2D eigenvalue weighted by atomic mass is 19.4. The van der Waals surface area contributed by atoms with Crippen molar-refractivity contribution in [2.24, 2.45) is 0 Å². The number of nitrogens with one attached hydrogen (secondary N) is 1. The molecule has 26 heavy (non-hydrogen) atoms. The topological polar surface area (TPSA) is 24.5 Å². The third-order valence-corrected chi connectivity index (χ3v) is 4.07. The van der Waals surface area contributed by atoms with E-state index < -0.39 is 36.9 Å². The summed E-state index contributed by atoms with van der Waals surface area (Å²) in [5, 5.41) is 3.10. The largest absolute Gasteiger partial charge is 0.461 e. The van der Waals surface area contributed by atoms with Gasteiger partial charge in [0.2, 0.25) is 0 Å². The Balaban J connectivity index is 2.13. The van der Waals surface area contributed by atoms with Gasteiger partial charge in [0.05, 0.1) is 0 Å². The Morgan fingerprint density at radius 3 is 2.08 bits per heavy atom. The zero-order valence-corrected chi connectivity index (χ0v) is 13.7. The maximum Gasteiger partial charge on any atom is 0.461 e. The molecule has 2 rings (SSSR count). The van der Waals surface area contributed by atoms with Crippen LogP contribution in [0.15, 0.2) is 24.3 Å². The molecule has 0 aliphatic carbocycles.